The Morgan fingerprint density at radius 3 is 2.17 bits per heavy atom. The van der Waals surface area contributed by atoms with Crippen LogP contribution < -0.4 is 9.75 Å². The van der Waals surface area contributed by atoms with E-state index in [0.717, 1.165) is 28.4 Å². The largest absolute Gasteiger partial charge is 0.497 e. The normalized spacial score (nSPS) is 15.1. The summed E-state index contributed by atoms with van der Waals surface area (Å²) in [5.41, 5.74) is 6.92. The van der Waals surface area contributed by atoms with Crippen molar-refractivity contribution < 1.29 is 9.53 Å². The number of hydrogen-bond donors (Lipinski definition) is 0. The number of carbonyl (C=O) groups is 1. The van der Waals surface area contributed by atoms with Crippen LogP contribution in [0.15, 0.2) is 59.2 Å². The summed E-state index contributed by atoms with van der Waals surface area (Å²) < 4.78 is 7.10. The van der Waals surface area contributed by atoms with Gasteiger partial charge in [-0.25, -0.2) is 4.68 Å². The van der Waals surface area contributed by atoms with E-state index < -0.39 is 0 Å². The number of aromatic nitrogens is 2. The monoisotopic (exact) mass is 400 g/mol. The zero-order valence-electron chi connectivity index (χ0n) is 17.8. The number of rotatable bonds is 4. The fraction of sp³-hybridized carbons (Fsp3) is 0.208. The molecule has 3 aromatic rings. The fourth-order valence-electron chi connectivity index (χ4n) is 3.53. The van der Waals surface area contributed by atoms with Gasteiger partial charge in [-0.05, 0) is 70.2 Å². The third kappa shape index (κ3) is 3.41. The van der Waals surface area contributed by atoms with Crippen LogP contribution in [0.2, 0.25) is 0 Å². The van der Waals surface area contributed by atoms with Crippen LogP contribution in [-0.2, 0) is 4.79 Å². The van der Waals surface area contributed by atoms with Crippen molar-refractivity contribution in [1.29, 1.82) is 0 Å². The SMILES string of the molecule is COc1ccc(N2N=C(C)/C(=C\c3c(C)nn(-c4ccc(C)cc4)c3C)C2=O)cc1. The number of amides is 1. The van der Waals surface area contributed by atoms with E-state index >= 15 is 0 Å². The Labute approximate surface area is 176 Å². The maximum absolute atomic E-state index is 13.1. The summed E-state index contributed by atoms with van der Waals surface area (Å²) in [7, 11) is 1.61. The van der Waals surface area contributed by atoms with Crippen LogP contribution in [0.5, 0.6) is 5.75 Å². The molecule has 2 heterocycles. The molecule has 0 saturated heterocycles. The summed E-state index contributed by atoms with van der Waals surface area (Å²) in [4.78, 5) is 13.1. The molecule has 0 fully saturated rings. The molecular weight excluding hydrogens is 376 g/mol. The molecule has 0 atom stereocenters. The quantitative estimate of drug-likeness (QED) is 0.601. The number of anilines is 1. The highest BCUT2D eigenvalue weighted by atomic mass is 16.5. The lowest BCUT2D eigenvalue weighted by atomic mass is 10.1. The summed E-state index contributed by atoms with van der Waals surface area (Å²) in [6, 6.07) is 15.5. The van der Waals surface area contributed by atoms with Gasteiger partial charge in [-0.1, -0.05) is 17.7 Å². The summed E-state index contributed by atoms with van der Waals surface area (Å²) in [6.45, 7) is 7.88. The summed E-state index contributed by atoms with van der Waals surface area (Å²) in [5, 5.41) is 10.6. The average molecular weight is 400 g/mol. The molecule has 4 rings (SSSR count). The Morgan fingerprint density at radius 2 is 1.53 bits per heavy atom. The van der Waals surface area contributed by atoms with Gasteiger partial charge < -0.3 is 4.74 Å². The fourth-order valence-corrected chi connectivity index (χ4v) is 3.53. The van der Waals surface area contributed by atoms with Gasteiger partial charge in [0.25, 0.3) is 5.91 Å². The van der Waals surface area contributed by atoms with Crippen LogP contribution in [-0.4, -0.2) is 28.5 Å². The van der Waals surface area contributed by atoms with E-state index in [1.807, 2.05) is 67.9 Å². The average Bonchev–Trinajstić information content (AvgIpc) is 3.19. The minimum absolute atomic E-state index is 0.153. The smallest absolute Gasteiger partial charge is 0.280 e. The molecule has 6 nitrogen and oxygen atoms in total. The van der Waals surface area contributed by atoms with Crippen molar-refractivity contribution in [3.63, 3.8) is 0 Å². The summed E-state index contributed by atoms with van der Waals surface area (Å²) in [6.07, 6.45) is 1.90. The van der Waals surface area contributed by atoms with Gasteiger partial charge in [0.05, 0.1) is 35.5 Å². The predicted octanol–water partition coefficient (Wildman–Crippen LogP) is 4.61. The van der Waals surface area contributed by atoms with Crippen LogP contribution in [0.4, 0.5) is 5.69 Å². The highest BCUT2D eigenvalue weighted by molar-refractivity contribution is 6.32. The highest BCUT2D eigenvalue weighted by Gasteiger charge is 2.29. The molecule has 0 N–H and O–H groups in total. The Balaban J connectivity index is 1.69. The lowest BCUT2D eigenvalue weighted by molar-refractivity contribution is -0.114. The lowest BCUT2D eigenvalue weighted by Gasteiger charge is -2.12. The van der Waals surface area contributed by atoms with Gasteiger partial charge in [0.1, 0.15) is 5.75 Å². The van der Waals surface area contributed by atoms with Crippen LogP contribution in [0, 0.1) is 20.8 Å². The number of benzene rings is 2. The first kappa shape index (κ1) is 19.6. The maximum atomic E-state index is 13.1. The number of ether oxygens (including phenoxy) is 1. The molecule has 30 heavy (non-hydrogen) atoms. The van der Waals surface area contributed by atoms with E-state index in [-0.39, 0.29) is 5.91 Å². The number of nitrogens with zero attached hydrogens (tertiary/aromatic N) is 4. The number of methoxy groups -OCH3 is 1. The van der Waals surface area contributed by atoms with E-state index in [4.69, 9.17) is 9.84 Å². The van der Waals surface area contributed by atoms with Gasteiger partial charge >= 0.3 is 0 Å². The number of aryl methyl sites for hydroxylation is 2. The van der Waals surface area contributed by atoms with E-state index in [9.17, 15) is 4.79 Å². The van der Waals surface area contributed by atoms with Gasteiger partial charge in [0.2, 0.25) is 0 Å². The number of carbonyl (C=O) groups excluding carboxylic acids is 1. The minimum Gasteiger partial charge on any atom is -0.497 e. The van der Waals surface area contributed by atoms with Crippen LogP contribution >= 0.6 is 0 Å². The molecule has 152 valence electrons. The van der Waals surface area contributed by atoms with Gasteiger partial charge in [0.15, 0.2) is 0 Å². The van der Waals surface area contributed by atoms with Gasteiger partial charge in [-0.15, -0.1) is 0 Å². The van der Waals surface area contributed by atoms with E-state index in [0.29, 0.717) is 17.0 Å². The Kier molecular flexibility index (Phi) is 4.99. The topological polar surface area (TPSA) is 59.7 Å². The van der Waals surface area contributed by atoms with Crippen molar-refractivity contribution in [2.24, 2.45) is 5.10 Å². The number of hydrogen-bond acceptors (Lipinski definition) is 4. The molecule has 1 aliphatic heterocycles. The molecule has 1 amide bonds. The zero-order valence-corrected chi connectivity index (χ0v) is 17.8. The molecule has 1 aromatic heterocycles. The molecule has 0 aliphatic carbocycles. The van der Waals surface area contributed by atoms with Gasteiger partial charge in [-0.3, -0.25) is 4.79 Å². The Bertz CT molecular complexity index is 1170. The van der Waals surface area contributed by atoms with E-state index in [1.54, 1.807) is 7.11 Å². The van der Waals surface area contributed by atoms with E-state index in [1.165, 1.54) is 10.6 Å². The van der Waals surface area contributed by atoms with Crippen molar-refractivity contribution in [3.8, 4) is 11.4 Å². The van der Waals surface area contributed by atoms with Crippen molar-refractivity contribution in [2.75, 3.05) is 12.1 Å². The molecule has 0 spiro atoms. The van der Waals surface area contributed by atoms with Crippen LogP contribution in [0.1, 0.15) is 29.4 Å². The minimum atomic E-state index is -0.153. The lowest BCUT2D eigenvalue weighted by Crippen LogP contribution is -2.21. The second-order valence-electron chi connectivity index (χ2n) is 7.39. The van der Waals surface area contributed by atoms with Crippen LogP contribution in [0.3, 0.4) is 0 Å². The first-order valence-electron chi connectivity index (χ1n) is 9.78. The molecule has 6 heteroatoms. The highest BCUT2D eigenvalue weighted by Crippen LogP contribution is 2.28. The van der Waals surface area contributed by atoms with Gasteiger partial charge in [-0.2, -0.15) is 15.2 Å². The van der Waals surface area contributed by atoms with Crippen molar-refractivity contribution in [3.05, 3.63) is 76.6 Å². The first-order chi connectivity index (χ1) is 14.4. The second-order valence-corrected chi connectivity index (χ2v) is 7.39. The van der Waals surface area contributed by atoms with Crippen molar-refractivity contribution in [1.82, 2.24) is 9.78 Å². The Morgan fingerprint density at radius 1 is 0.900 bits per heavy atom. The molecule has 0 bridgehead atoms. The molecule has 0 saturated carbocycles. The first-order valence-corrected chi connectivity index (χ1v) is 9.78. The molecule has 2 aromatic carbocycles. The third-order valence-corrected chi connectivity index (χ3v) is 5.29. The summed E-state index contributed by atoms with van der Waals surface area (Å²) >= 11 is 0. The number of hydrazone groups is 1. The molecule has 0 radical (unpaired) electrons. The predicted molar refractivity (Wildman–Crippen MR) is 119 cm³/mol. The Hall–Kier alpha value is -3.67. The third-order valence-electron chi connectivity index (χ3n) is 5.29. The van der Waals surface area contributed by atoms with Crippen LogP contribution in [0.25, 0.3) is 11.8 Å². The maximum Gasteiger partial charge on any atom is 0.280 e. The zero-order chi connectivity index (χ0) is 21.4. The van der Waals surface area contributed by atoms with E-state index in [2.05, 4.69) is 24.2 Å². The molecule has 0 unspecified atom stereocenters. The summed E-state index contributed by atoms with van der Waals surface area (Å²) in [5.74, 6) is 0.580. The molecule has 1 aliphatic rings. The van der Waals surface area contributed by atoms with Gasteiger partial charge in [0, 0.05) is 11.3 Å². The second kappa shape index (κ2) is 7.63. The van der Waals surface area contributed by atoms with Crippen molar-refractivity contribution >= 4 is 23.4 Å². The van der Waals surface area contributed by atoms with Crippen molar-refractivity contribution in [2.45, 2.75) is 27.7 Å². The molecular formula is C24H24N4O2. The standard InChI is InChI=1S/C24H24N4O2/c1-15-6-8-19(9-7-15)27-18(4)22(16(2)25-27)14-23-17(3)26-28(24(23)29)20-10-12-21(30-5)13-11-20/h6-14H,1-5H3/b23-14+.